The maximum Gasteiger partial charge on any atom is 0.238 e. The summed E-state index contributed by atoms with van der Waals surface area (Å²) in [6.07, 6.45) is 0. The van der Waals surface area contributed by atoms with Gasteiger partial charge in [0.05, 0.1) is 25.9 Å². The van der Waals surface area contributed by atoms with E-state index < -0.39 is 0 Å². The Morgan fingerprint density at radius 1 is 1.23 bits per heavy atom. The van der Waals surface area contributed by atoms with Crippen molar-refractivity contribution in [3.8, 4) is 11.5 Å². The van der Waals surface area contributed by atoms with Crippen LogP contribution in [0, 0.1) is 6.92 Å². The van der Waals surface area contributed by atoms with Crippen molar-refractivity contribution in [3.63, 3.8) is 0 Å². The predicted molar refractivity (Wildman–Crippen MR) is 105 cm³/mol. The summed E-state index contributed by atoms with van der Waals surface area (Å²) in [4.78, 5) is 14.3. The zero-order valence-electron chi connectivity index (χ0n) is 15.6. The highest BCUT2D eigenvalue weighted by Crippen LogP contribution is 2.30. The van der Waals surface area contributed by atoms with Gasteiger partial charge in [0.25, 0.3) is 0 Å². The Bertz CT molecular complexity index is 747. The molecule has 1 N–H and O–H groups in total. The Hall–Kier alpha value is -2.24. The molecule has 0 saturated carbocycles. The number of nitrogens with one attached hydrogen (secondary N) is 1. The van der Waals surface area contributed by atoms with E-state index in [-0.39, 0.29) is 12.5 Å². The number of halogens is 1. The zero-order valence-corrected chi connectivity index (χ0v) is 16.4. The highest BCUT2D eigenvalue weighted by molar-refractivity contribution is 6.31. The molecule has 0 aliphatic heterocycles. The van der Waals surface area contributed by atoms with Crippen molar-refractivity contribution in [2.45, 2.75) is 20.4 Å². The molecule has 0 aromatic heterocycles. The van der Waals surface area contributed by atoms with Gasteiger partial charge in [-0.05, 0) is 50.2 Å². The third-order valence-corrected chi connectivity index (χ3v) is 4.26. The number of ether oxygens (including phenoxy) is 2. The Morgan fingerprint density at radius 3 is 2.54 bits per heavy atom. The number of methoxy groups -OCH3 is 1. The van der Waals surface area contributed by atoms with Crippen molar-refractivity contribution in [2.75, 3.05) is 32.6 Å². The van der Waals surface area contributed by atoms with Gasteiger partial charge in [0, 0.05) is 17.6 Å². The first-order valence-electron chi connectivity index (χ1n) is 8.47. The van der Waals surface area contributed by atoms with Crippen LogP contribution in [0.1, 0.15) is 18.1 Å². The molecule has 0 radical (unpaired) electrons. The molecule has 0 bridgehead atoms. The Balaban J connectivity index is 1.94. The quantitative estimate of drug-likeness (QED) is 0.752. The Labute approximate surface area is 159 Å². The maximum atomic E-state index is 12.4. The molecule has 1 amide bonds. The topological polar surface area (TPSA) is 50.8 Å². The minimum Gasteiger partial charge on any atom is -0.495 e. The van der Waals surface area contributed by atoms with Gasteiger partial charge < -0.3 is 14.8 Å². The number of amides is 1. The Morgan fingerprint density at radius 2 is 1.92 bits per heavy atom. The highest BCUT2D eigenvalue weighted by atomic mass is 35.5. The van der Waals surface area contributed by atoms with Gasteiger partial charge in [0.2, 0.25) is 5.91 Å². The summed E-state index contributed by atoms with van der Waals surface area (Å²) in [7, 11) is 3.45. The molecule has 2 aromatic rings. The first-order valence-corrected chi connectivity index (χ1v) is 8.85. The number of anilines is 1. The first kappa shape index (κ1) is 20.1. The van der Waals surface area contributed by atoms with E-state index in [9.17, 15) is 4.79 Å². The van der Waals surface area contributed by atoms with Crippen molar-refractivity contribution >= 4 is 23.2 Å². The number of nitrogens with zero attached hydrogens (tertiary/aromatic N) is 1. The number of carbonyl (C=O) groups excluding carboxylic acids is 1. The molecule has 0 aliphatic carbocycles. The number of likely N-dealkylation sites (N-methyl/N-ethyl adjacent to an activating group) is 1. The van der Waals surface area contributed by atoms with Gasteiger partial charge >= 0.3 is 0 Å². The lowest BCUT2D eigenvalue weighted by molar-refractivity contribution is -0.117. The molecule has 0 aliphatic rings. The lowest BCUT2D eigenvalue weighted by Gasteiger charge is -2.18. The van der Waals surface area contributed by atoms with Gasteiger partial charge in [-0.3, -0.25) is 9.69 Å². The van der Waals surface area contributed by atoms with Crippen LogP contribution in [-0.4, -0.2) is 38.1 Å². The maximum absolute atomic E-state index is 12.4. The summed E-state index contributed by atoms with van der Waals surface area (Å²) in [6, 6.07) is 11.4. The van der Waals surface area contributed by atoms with E-state index in [0.717, 1.165) is 16.9 Å². The molecule has 5 nitrogen and oxygen atoms in total. The largest absolute Gasteiger partial charge is 0.495 e. The summed E-state index contributed by atoms with van der Waals surface area (Å²) in [5.41, 5.74) is 2.61. The molecule has 140 valence electrons. The first-order chi connectivity index (χ1) is 12.4. The smallest absolute Gasteiger partial charge is 0.238 e. The summed E-state index contributed by atoms with van der Waals surface area (Å²) in [5, 5.41) is 3.49. The average molecular weight is 377 g/mol. The highest BCUT2D eigenvalue weighted by Gasteiger charge is 2.12. The van der Waals surface area contributed by atoms with Gasteiger partial charge in [-0.1, -0.05) is 23.7 Å². The molecule has 0 spiro atoms. The minimum absolute atomic E-state index is 0.113. The molecule has 2 rings (SSSR count). The van der Waals surface area contributed by atoms with Crippen LogP contribution in [0.5, 0.6) is 11.5 Å². The summed E-state index contributed by atoms with van der Waals surface area (Å²) >= 11 is 6.10. The van der Waals surface area contributed by atoms with E-state index in [1.54, 1.807) is 13.2 Å². The summed E-state index contributed by atoms with van der Waals surface area (Å²) in [5.74, 6) is 1.28. The van der Waals surface area contributed by atoms with E-state index in [1.165, 1.54) is 0 Å². The number of hydrogen-bond donors (Lipinski definition) is 1. The number of rotatable bonds is 8. The van der Waals surface area contributed by atoms with E-state index in [2.05, 4.69) is 5.32 Å². The molecule has 0 unspecified atom stereocenters. The summed E-state index contributed by atoms with van der Waals surface area (Å²) in [6.45, 7) is 5.41. The molecule has 0 heterocycles. The van der Waals surface area contributed by atoms with Crippen LogP contribution >= 0.6 is 11.6 Å². The van der Waals surface area contributed by atoms with Crippen molar-refractivity contribution in [1.29, 1.82) is 0 Å². The summed E-state index contributed by atoms with van der Waals surface area (Å²) < 4.78 is 10.7. The molecule has 6 heteroatoms. The van der Waals surface area contributed by atoms with Crippen LogP contribution in [0.2, 0.25) is 5.02 Å². The van der Waals surface area contributed by atoms with Crippen LogP contribution in [0.15, 0.2) is 36.4 Å². The van der Waals surface area contributed by atoms with Crippen molar-refractivity contribution in [1.82, 2.24) is 4.90 Å². The molecular weight excluding hydrogens is 352 g/mol. The fraction of sp³-hybridized carbons (Fsp3) is 0.350. The fourth-order valence-corrected chi connectivity index (χ4v) is 2.74. The average Bonchev–Trinajstić information content (AvgIpc) is 2.59. The molecule has 0 saturated heterocycles. The van der Waals surface area contributed by atoms with Crippen molar-refractivity contribution in [3.05, 3.63) is 52.5 Å². The van der Waals surface area contributed by atoms with Crippen LogP contribution in [0.25, 0.3) is 0 Å². The van der Waals surface area contributed by atoms with Crippen molar-refractivity contribution < 1.29 is 14.3 Å². The number of aryl methyl sites for hydroxylation is 1. The van der Waals surface area contributed by atoms with Gasteiger partial charge in [-0.2, -0.15) is 0 Å². The van der Waals surface area contributed by atoms with Crippen LogP contribution in [-0.2, 0) is 11.3 Å². The molecule has 0 fully saturated rings. The molecule has 2 aromatic carbocycles. The molecule has 0 atom stereocenters. The van der Waals surface area contributed by atoms with E-state index in [4.69, 9.17) is 21.1 Å². The fourth-order valence-electron chi connectivity index (χ4n) is 2.59. The van der Waals surface area contributed by atoms with Gasteiger partial charge in [0.1, 0.15) is 11.5 Å². The van der Waals surface area contributed by atoms with E-state index in [1.807, 2.05) is 56.1 Å². The van der Waals surface area contributed by atoms with E-state index >= 15 is 0 Å². The second-order valence-corrected chi connectivity index (χ2v) is 6.51. The van der Waals surface area contributed by atoms with Gasteiger partial charge in [-0.15, -0.1) is 0 Å². The Kier molecular flexibility index (Phi) is 7.30. The second kappa shape index (κ2) is 9.46. The predicted octanol–water partition coefficient (Wildman–Crippen LogP) is 4.13. The lowest BCUT2D eigenvalue weighted by Crippen LogP contribution is -2.30. The standard InChI is InChI=1S/C20H25ClN2O3/c1-5-26-16-8-6-15(7-9-16)12-23(3)13-20(24)22-18-10-14(2)17(21)11-19(18)25-4/h6-11H,5,12-13H2,1-4H3,(H,22,24). The third-order valence-electron chi connectivity index (χ3n) is 3.86. The van der Waals surface area contributed by atoms with E-state index in [0.29, 0.717) is 29.6 Å². The molecular formula is C20H25ClN2O3. The van der Waals surface area contributed by atoms with Crippen LogP contribution < -0.4 is 14.8 Å². The second-order valence-electron chi connectivity index (χ2n) is 6.10. The zero-order chi connectivity index (χ0) is 19.1. The van der Waals surface area contributed by atoms with Crippen LogP contribution in [0.4, 0.5) is 5.69 Å². The normalized spacial score (nSPS) is 10.7. The van der Waals surface area contributed by atoms with Crippen LogP contribution in [0.3, 0.4) is 0 Å². The number of carbonyl (C=O) groups is 1. The molecule has 26 heavy (non-hydrogen) atoms. The van der Waals surface area contributed by atoms with Gasteiger partial charge in [0.15, 0.2) is 0 Å². The minimum atomic E-state index is -0.113. The SMILES string of the molecule is CCOc1ccc(CN(C)CC(=O)Nc2cc(C)c(Cl)cc2OC)cc1. The van der Waals surface area contributed by atoms with Crippen molar-refractivity contribution in [2.24, 2.45) is 0 Å². The third kappa shape index (κ3) is 5.64. The number of benzene rings is 2. The van der Waals surface area contributed by atoms with Gasteiger partial charge in [-0.25, -0.2) is 0 Å². The monoisotopic (exact) mass is 376 g/mol. The lowest BCUT2D eigenvalue weighted by atomic mass is 10.2. The number of hydrogen-bond acceptors (Lipinski definition) is 4.